The summed E-state index contributed by atoms with van der Waals surface area (Å²) in [6, 6.07) is 2.13. The van der Waals surface area contributed by atoms with Crippen molar-refractivity contribution in [1.82, 2.24) is 0 Å². The highest BCUT2D eigenvalue weighted by Gasteiger charge is 2.36. The van der Waals surface area contributed by atoms with E-state index in [1.165, 1.54) is 18.2 Å². The van der Waals surface area contributed by atoms with E-state index in [1.807, 2.05) is 0 Å². The monoisotopic (exact) mass is 200 g/mol. The Kier molecular flexibility index (Phi) is 1.89. The fourth-order valence-electron chi connectivity index (χ4n) is 1.54. The topological polar surface area (TPSA) is 20.2 Å². The molecule has 0 spiro atoms. The van der Waals surface area contributed by atoms with Gasteiger partial charge in [-0.3, -0.25) is 0 Å². The molecule has 0 fully saturated rings. The molecule has 1 aliphatic rings. The van der Waals surface area contributed by atoms with E-state index in [2.05, 4.69) is 0 Å². The van der Waals surface area contributed by atoms with Gasteiger partial charge in [0.2, 0.25) is 5.85 Å². The molecule has 2 rings (SSSR count). The zero-order valence-electron chi connectivity index (χ0n) is 7.10. The summed E-state index contributed by atoms with van der Waals surface area (Å²) < 4.78 is 39.3. The van der Waals surface area contributed by atoms with Gasteiger partial charge >= 0.3 is 0 Å². The van der Waals surface area contributed by atoms with Crippen molar-refractivity contribution >= 4 is 6.08 Å². The Morgan fingerprint density at radius 1 is 1.29 bits per heavy atom. The van der Waals surface area contributed by atoms with Crippen LogP contribution < -0.4 is 0 Å². The van der Waals surface area contributed by atoms with Gasteiger partial charge in [-0.25, -0.2) is 13.2 Å². The van der Waals surface area contributed by atoms with Gasteiger partial charge in [0, 0.05) is 6.42 Å². The SMILES string of the molecule is OC1(F)CC=Cc2ccc(F)c(F)c21. The van der Waals surface area contributed by atoms with Gasteiger partial charge < -0.3 is 5.11 Å². The van der Waals surface area contributed by atoms with Crippen LogP contribution >= 0.6 is 0 Å². The molecule has 1 aromatic rings. The Hall–Kier alpha value is -1.29. The van der Waals surface area contributed by atoms with Crippen LogP contribution in [0, 0.1) is 11.6 Å². The molecule has 1 atom stereocenters. The summed E-state index contributed by atoms with van der Waals surface area (Å²) in [7, 11) is 0. The van der Waals surface area contributed by atoms with E-state index < -0.39 is 23.1 Å². The average Bonchev–Trinajstić information content (AvgIpc) is 2.10. The minimum atomic E-state index is -2.81. The third-order valence-corrected chi connectivity index (χ3v) is 2.20. The Morgan fingerprint density at radius 2 is 2.00 bits per heavy atom. The van der Waals surface area contributed by atoms with E-state index in [4.69, 9.17) is 0 Å². The van der Waals surface area contributed by atoms with Crippen LogP contribution in [0.4, 0.5) is 13.2 Å². The molecule has 4 heteroatoms. The van der Waals surface area contributed by atoms with Gasteiger partial charge in [0.15, 0.2) is 11.6 Å². The average molecular weight is 200 g/mol. The van der Waals surface area contributed by atoms with Crippen molar-refractivity contribution in [3.05, 3.63) is 41.0 Å². The number of aliphatic hydroxyl groups is 1. The second-order valence-corrected chi connectivity index (χ2v) is 3.19. The first-order valence-electron chi connectivity index (χ1n) is 4.09. The molecule has 1 aromatic carbocycles. The molecular formula is C10H7F3O. The van der Waals surface area contributed by atoms with Crippen LogP contribution in [0.2, 0.25) is 0 Å². The lowest BCUT2D eigenvalue weighted by Crippen LogP contribution is -2.24. The zero-order chi connectivity index (χ0) is 10.3. The Labute approximate surface area is 78.5 Å². The summed E-state index contributed by atoms with van der Waals surface area (Å²) >= 11 is 0. The molecule has 0 amide bonds. The van der Waals surface area contributed by atoms with Gasteiger partial charge in [-0.15, -0.1) is 0 Å². The first-order chi connectivity index (χ1) is 6.52. The predicted octanol–water partition coefficient (Wildman–Crippen LogP) is 2.50. The maximum absolute atomic E-state index is 13.4. The molecule has 0 aliphatic heterocycles. The van der Waals surface area contributed by atoms with E-state index in [0.29, 0.717) is 0 Å². The first kappa shape index (κ1) is 9.27. The van der Waals surface area contributed by atoms with Gasteiger partial charge in [-0.1, -0.05) is 18.2 Å². The van der Waals surface area contributed by atoms with Crippen LogP contribution in [0.25, 0.3) is 6.08 Å². The fraction of sp³-hybridized carbons (Fsp3) is 0.200. The number of halogens is 3. The Balaban J connectivity index is 2.73. The molecule has 1 nitrogen and oxygen atoms in total. The quantitative estimate of drug-likeness (QED) is 0.682. The van der Waals surface area contributed by atoms with Crippen molar-refractivity contribution in [2.75, 3.05) is 0 Å². The van der Waals surface area contributed by atoms with Gasteiger partial charge in [-0.05, 0) is 11.6 Å². The summed E-state index contributed by atoms with van der Waals surface area (Å²) in [5.74, 6) is -5.29. The molecule has 14 heavy (non-hydrogen) atoms. The molecule has 0 bridgehead atoms. The van der Waals surface area contributed by atoms with Crippen LogP contribution in [-0.4, -0.2) is 5.11 Å². The van der Waals surface area contributed by atoms with Gasteiger partial charge in [0.05, 0.1) is 5.56 Å². The normalized spacial score (nSPS) is 24.9. The number of fused-ring (bicyclic) bond motifs is 1. The van der Waals surface area contributed by atoms with Crippen LogP contribution in [-0.2, 0) is 5.85 Å². The molecule has 0 aromatic heterocycles. The lowest BCUT2D eigenvalue weighted by atomic mass is 9.92. The van der Waals surface area contributed by atoms with E-state index in [1.54, 1.807) is 0 Å². The summed E-state index contributed by atoms with van der Waals surface area (Å²) in [5.41, 5.74) is -0.444. The third-order valence-electron chi connectivity index (χ3n) is 2.20. The van der Waals surface area contributed by atoms with Crippen LogP contribution in [0.5, 0.6) is 0 Å². The molecule has 0 saturated carbocycles. The number of hydrogen-bond acceptors (Lipinski definition) is 1. The minimum Gasteiger partial charge on any atom is -0.358 e. The van der Waals surface area contributed by atoms with Crippen molar-refractivity contribution in [2.45, 2.75) is 12.3 Å². The van der Waals surface area contributed by atoms with E-state index >= 15 is 0 Å². The van der Waals surface area contributed by atoms with Crippen LogP contribution in [0.15, 0.2) is 18.2 Å². The highest BCUT2D eigenvalue weighted by Crippen LogP contribution is 2.37. The lowest BCUT2D eigenvalue weighted by Gasteiger charge is -2.23. The van der Waals surface area contributed by atoms with Gasteiger partial charge in [-0.2, -0.15) is 0 Å². The minimum absolute atomic E-state index is 0.167. The second kappa shape index (κ2) is 2.85. The first-order valence-corrected chi connectivity index (χ1v) is 4.09. The van der Waals surface area contributed by atoms with Gasteiger partial charge in [0.25, 0.3) is 0 Å². The number of rotatable bonds is 0. The predicted molar refractivity (Wildman–Crippen MR) is 45.0 cm³/mol. The Bertz CT molecular complexity index is 410. The van der Waals surface area contributed by atoms with Crippen molar-refractivity contribution in [2.24, 2.45) is 0 Å². The summed E-state index contributed by atoms with van der Waals surface area (Å²) in [5, 5.41) is 9.21. The largest absolute Gasteiger partial charge is 0.358 e. The van der Waals surface area contributed by atoms with E-state index in [0.717, 1.165) is 6.07 Å². The zero-order valence-corrected chi connectivity index (χ0v) is 7.10. The summed E-state index contributed by atoms with van der Waals surface area (Å²) in [4.78, 5) is 0. The van der Waals surface area contributed by atoms with Crippen molar-refractivity contribution < 1.29 is 18.3 Å². The van der Waals surface area contributed by atoms with Crippen molar-refractivity contribution in [3.8, 4) is 0 Å². The van der Waals surface area contributed by atoms with Crippen LogP contribution in [0.1, 0.15) is 17.5 Å². The lowest BCUT2D eigenvalue weighted by molar-refractivity contribution is -0.0961. The maximum atomic E-state index is 13.4. The van der Waals surface area contributed by atoms with E-state index in [9.17, 15) is 18.3 Å². The second-order valence-electron chi connectivity index (χ2n) is 3.19. The molecule has 1 N–H and O–H groups in total. The summed E-state index contributed by atoms with van der Waals surface area (Å²) in [6.45, 7) is 0. The van der Waals surface area contributed by atoms with Crippen molar-refractivity contribution in [3.63, 3.8) is 0 Å². The number of hydrogen-bond donors (Lipinski definition) is 1. The standard InChI is InChI=1S/C10H7F3O/c11-7-4-3-6-2-1-5-10(13,14)8(6)9(7)12/h1-4,14H,5H2. The molecule has 1 unspecified atom stereocenters. The Morgan fingerprint density at radius 3 is 2.71 bits per heavy atom. The highest BCUT2D eigenvalue weighted by molar-refractivity contribution is 5.58. The fourth-order valence-corrected chi connectivity index (χ4v) is 1.54. The van der Waals surface area contributed by atoms with Gasteiger partial charge in [0.1, 0.15) is 0 Å². The molecular weight excluding hydrogens is 193 g/mol. The number of alkyl halides is 1. The molecule has 1 aliphatic carbocycles. The maximum Gasteiger partial charge on any atom is 0.240 e. The molecule has 0 saturated heterocycles. The third kappa shape index (κ3) is 1.23. The number of benzene rings is 1. The molecule has 0 heterocycles. The molecule has 74 valence electrons. The smallest absolute Gasteiger partial charge is 0.240 e. The van der Waals surface area contributed by atoms with Crippen molar-refractivity contribution in [1.29, 1.82) is 0 Å². The van der Waals surface area contributed by atoms with E-state index in [-0.39, 0.29) is 12.0 Å². The summed E-state index contributed by atoms with van der Waals surface area (Å²) in [6.07, 6.45) is 2.46. The molecule has 0 radical (unpaired) electrons. The highest BCUT2D eigenvalue weighted by atomic mass is 19.2. The van der Waals surface area contributed by atoms with Crippen LogP contribution in [0.3, 0.4) is 0 Å².